The van der Waals surface area contributed by atoms with Crippen molar-refractivity contribution in [1.29, 1.82) is 0 Å². The Kier molecular flexibility index (Phi) is 2.97. The Morgan fingerprint density at radius 3 is 2.71 bits per heavy atom. The summed E-state index contributed by atoms with van der Waals surface area (Å²) in [5.74, 6) is 0.334. The van der Waals surface area contributed by atoms with Crippen molar-refractivity contribution in [3.63, 3.8) is 0 Å². The fourth-order valence-electron chi connectivity index (χ4n) is 3.85. The van der Waals surface area contributed by atoms with Crippen LogP contribution in [0, 0.1) is 0 Å². The number of aromatic hydroxyl groups is 1. The fourth-order valence-corrected chi connectivity index (χ4v) is 4.15. The number of phenols is 1. The highest BCUT2D eigenvalue weighted by molar-refractivity contribution is 6.42. The molecule has 21 heavy (non-hydrogen) atoms. The molecule has 2 heterocycles. The van der Waals surface area contributed by atoms with E-state index < -0.39 is 0 Å². The van der Waals surface area contributed by atoms with Crippen LogP contribution in [0.15, 0.2) is 36.4 Å². The molecule has 0 spiro atoms. The van der Waals surface area contributed by atoms with Gasteiger partial charge in [0.25, 0.3) is 0 Å². The van der Waals surface area contributed by atoms with Crippen molar-refractivity contribution in [3.05, 3.63) is 63.1 Å². The minimum Gasteiger partial charge on any atom is -0.508 e. The van der Waals surface area contributed by atoms with Crippen molar-refractivity contribution >= 4 is 23.2 Å². The average molecular weight is 320 g/mol. The molecule has 0 aromatic heterocycles. The van der Waals surface area contributed by atoms with Gasteiger partial charge in [0, 0.05) is 18.5 Å². The summed E-state index contributed by atoms with van der Waals surface area (Å²) in [5, 5.41) is 11.0. The van der Waals surface area contributed by atoms with Crippen LogP contribution in [0.5, 0.6) is 5.75 Å². The van der Waals surface area contributed by atoms with Gasteiger partial charge in [0.05, 0.1) is 10.0 Å². The first-order valence-electron chi connectivity index (χ1n) is 7.09. The van der Waals surface area contributed by atoms with Gasteiger partial charge in [-0.25, -0.2) is 0 Å². The van der Waals surface area contributed by atoms with Gasteiger partial charge in [-0.3, -0.25) is 4.90 Å². The van der Waals surface area contributed by atoms with Crippen molar-refractivity contribution in [3.8, 4) is 5.75 Å². The number of halogens is 2. The predicted molar refractivity (Wildman–Crippen MR) is 85.2 cm³/mol. The summed E-state index contributed by atoms with van der Waals surface area (Å²) >= 11 is 12.3. The predicted octanol–water partition coefficient (Wildman–Crippen LogP) is 4.20. The molecular formula is C17H15Cl2NO. The molecule has 2 bridgehead atoms. The van der Waals surface area contributed by atoms with Crippen molar-refractivity contribution < 1.29 is 5.11 Å². The van der Waals surface area contributed by atoms with Gasteiger partial charge >= 0.3 is 0 Å². The zero-order valence-electron chi connectivity index (χ0n) is 11.4. The van der Waals surface area contributed by atoms with Crippen LogP contribution in [0.4, 0.5) is 0 Å². The van der Waals surface area contributed by atoms with Gasteiger partial charge in [-0.1, -0.05) is 35.3 Å². The quantitative estimate of drug-likeness (QED) is 0.851. The highest BCUT2D eigenvalue weighted by Gasteiger charge is 2.45. The van der Waals surface area contributed by atoms with Crippen LogP contribution in [0.25, 0.3) is 0 Å². The zero-order chi connectivity index (χ0) is 14.6. The molecule has 2 unspecified atom stereocenters. The Bertz CT molecular complexity index is 731. The molecular weight excluding hydrogens is 305 g/mol. The van der Waals surface area contributed by atoms with Gasteiger partial charge in [-0.05, 0) is 53.9 Å². The van der Waals surface area contributed by atoms with Crippen LogP contribution in [-0.2, 0) is 12.0 Å². The van der Waals surface area contributed by atoms with Crippen LogP contribution in [0.2, 0.25) is 10.0 Å². The van der Waals surface area contributed by atoms with Crippen LogP contribution < -0.4 is 0 Å². The molecule has 2 aliphatic rings. The summed E-state index contributed by atoms with van der Waals surface area (Å²) in [7, 11) is 0. The molecule has 2 nitrogen and oxygen atoms in total. The second kappa shape index (κ2) is 4.64. The van der Waals surface area contributed by atoms with Crippen molar-refractivity contribution in [2.75, 3.05) is 13.1 Å². The van der Waals surface area contributed by atoms with E-state index in [9.17, 15) is 5.11 Å². The van der Waals surface area contributed by atoms with Gasteiger partial charge in [0.2, 0.25) is 0 Å². The molecule has 0 aliphatic carbocycles. The summed E-state index contributed by atoms with van der Waals surface area (Å²) in [6.07, 6.45) is 1.07. The molecule has 2 aromatic carbocycles. The smallest absolute Gasteiger partial charge is 0.115 e. The number of benzene rings is 2. The second-order valence-electron chi connectivity index (χ2n) is 6.01. The van der Waals surface area contributed by atoms with E-state index in [0.29, 0.717) is 15.8 Å². The van der Waals surface area contributed by atoms with Crippen LogP contribution in [0.3, 0.4) is 0 Å². The third kappa shape index (κ3) is 1.97. The summed E-state index contributed by atoms with van der Waals surface area (Å²) < 4.78 is 0. The normalized spacial score (nSPS) is 26.7. The first-order chi connectivity index (χ1) is 10.1. The monoisotopic (exact) mass is 319 g/mol. The average Bonchev–Trinajstić information content (AvgIpc) is 2.81. The maximum atomic E-state index is 9.76. The number of hydrogen-bond acceptors (Lipinski definition) is 2. The van der Waals surface area contributed by atoms with E-state index in [1.54, 1.807) is 6.07 Å². The minimum atomic E-state index is -0.0322. The molecule has 2 atom stereocenters. The molecule has 108 valence electrons. The summed E-state index contributed by atoms with van der Waals surface area (Å²) in [6, 6.07) is 11.7. The molecule has 0 radical (unpaired) electrons. The number of nitrogens with zero attached hydrogens (tertiary/aromatic N) is 1. The Morgan fingerprint density at radius 2 is 1.90 bits per heavy atom. The summed E-state index contributed by atoms with van der Waals surface area (Å²) in [5.41, 5.74) is 3.71. The van der Waals surface area contributed by atoms with Crippen LogP contribution >= 0.6 is 23.2 Å². The van der Waals surface area contributed by atoms with Crippen LogP contribution in [-0.4, -0.2) is 23.1 Å². The number of rotatable bonds is 1. The van der Waals surface area contributed by atoms with E-state index >= 15 is 0 Å². The molecule has 4 heteroatoms. The fraction of sp³-hybridized carbons (Fsp3) is 0.294. The Hall–Kier alpha value is -1.22. The molecule has 1 fully saturated rings. The van der Waals surface area contributed by atoms with Gasteiger partial charge < -0.3 is 5.11 Å². The Balaban J connectivity index is 1.92. The van der Waals surface area contributed by atoms with Crippen LogP contribution in [0.1, 0.15) is 23.1 Å². The largest absolute Gasteiger partial charge is 0.508 e. The first-order valence-corrected chi connectivity index (χ1v) is 7.84. The summed E-state index contributed by atoms with van der Waals surface area (Å²) in [6.45, 7) is 2.98. The molecule has 1 saturated heterocycles. The van der Waals surface area contributed by atoms with Crippen molar-refractivity contribution in [2.24, 2.45) is 0 Å². The van der Waals surface area contributed by atoms with E-state index in [2.05, 4.69) is 17.0 Å². The van der Waals surface area contributed by atoms with E-state index in [4.69, 9.17) is 23.2 Å². The number of phenolic OH excluding ortho intramolecular Hbond substituents is 1. The van der Waals surface area contributed by atoms with E-state index in [1.807, 2.05) is 18.2 Å². The van der Waals surface area contributed by atoms with E-state index in [0.717, 1.165) is 26.1 Å². The lowest BCUT2D eigenvalue weighted by atomic mass is 9.71. The van der Waals surface area contributed by atoms with Crippen molar-refractivity contribution in [2.45, 2.75) is 18.4 Å². The van der Waals surface area contributed by atoms with Gasteiger partial charge in [0.1, 0.15) is 5.75 Å². The maximum absolute atomic E-state index is 9.76. The summed E-state index contributed by atoms with van der Waals surface area (Å²) in [4.78, 5) is 2.43. The zero-order valence-corrected chi connectivity index (χ0v) is 13.0. The van der Waals surface area contributed by atoms with Gasteiger partial charge in [-0.2, -0.15) is 0 Å². The first kappa shape index (κ1) is 13.4. The molecule has 4 rings (SSSR count). The van der Waals surface area contributed by atoms with Gasteiger partial charge in [0.15, 0.2) is 0 Å². The Morgan fingerprint density at radius 1 is 1.05 bits per heavy atom. The molecule has 2 aromatic rings. The molecule has 1 N–H and O–H groups in total. The molecule has 2 aliphatic heterocycles. The Labute approximate surface area is 133 Å². The van der Waals surface area contributed by atoms with Gasteiger partial charge in [-0.15, -0.1) is 0 Å². The molecule has 0 saturated carbocycles. The lowest BCUT2D eigenvalue weighted by Crippen LogP contribution is -2.37. The standard InChI is InChI=1S/C17H15Cl2NO/c18-15-4-1-12(8-16(15)19)17-5-6-20(10-17)9-11-7-13(21)2-3-14(11)17/h1-4,7-8,21H,5-6,9-10H2. The molecule has 0 amide bonds. The SMILES string of the molecule is Oc1ccc2c(c1)CN1CCC2(c2ccc(Cl)c(Cl)c2)C1. The van der Waals surface area contributed by atoms with Crippen molar-refractivity contribution in [1.82, 2.24) is 4.90 Å². The third-order valence-corrected chi connectivity index (χ3v) is 5.56. The third-order valence-electron chi connectivity index (χ3n) is 4.82. The topological polar surface area (TPSA) is 23.5 Å². The maximum Gasteiger partial charge on any atom is 0.115 e. The second-order valence-corrected chi connectivity index (χ2v) is 6.83. The lowest BCUT2D eigenvalue weighted by molar-refractivity contribution is 0.294. The highest BCUT2D eigenvalue weighted by Crippen LogP contribution is 2.47. The number of fused-ring (bicyclic) bond motifs is 4. The minimum absolute atomic E-state index is 0.0322. The highest BCUT2D eigenvalue weighted by atomic mass is 35.5. The number of hydrogen-bond donors (Lipinski definition) is 1. The lowest BCUT2D eigenvalue weighted by Gasteiger charge is -2.37. The van der Waals surface area contributed by atoms with E-state index in [1.165, 1.54) is 16.7 Å². The van der Waals surface area contributed by atoms with E-state index in [-0.39, 0.29) is 5.41 Å².